The van der Waals surface area contributed by atoms with Gasteiger partial charge in [-0.1, -0.05) is 11.2 Å². The Balaban J connectivity index is 2.99. The predicted molar refractivity (Wildman–Crippen MR) is 62.8 cm³/mol. The number of rotatable bonds is 5. The number of carboxylic acid groups (broad SMARTS) is 1. The van der Waals surface area contributed by atoms with E-state index in [0.29, 0.717) is 0 Å². The maximum absolute atomic E-state index is 10.8. The van der Waals surface area contributed by atoms with E-state index in [1.807, 2.05) is 0 Å². The molecule has 0 aromatic heterocycles. The van der Waals surface area contributed by atoms with E-state index in [4.69, 9.17) is 16.4 Å². The van der Waals surface area contributed by atoms with E-state index in [1.54, 1.807) is 0 Å². The first-order chi connectivity index (χ1) is 8.47. The number of carbonyl (C=O) groups is 1. The standard InChI is InChI=1S/C10H12N4O4/c11-7-2-1-5(3-6(7)10(17)18)9(16)8(15)4-13-14-12/h1-3,8-9,15-16H,4,11H2,(H,17,18). The fourth-order valence-corrected chi connectivity index (χ4v) is 1.39. The van der Waals surface area contributed by atoms with Gasteiger partial charge < -0.3 is 21.1 Å². The van der Waals surface area contributed by atoms with E-state index in [9.17, 15) is 15.0 Å². The van der Waals surface area contributed by atoms with Crippen LogP contribution in [0, 0.1) is 0 Å². The SMILES string of the molecule is [N-]=[N+]=NCC(O)C(O)c1ccc(N)c(C(=O)O)c1. The van der Waals surface area contributed by atoms with Gasteiger partial charge in [0.15, 0.2) is 0 Å². The van der Waals surface area contributed by atoms with Crippen LogP contribution in [0.15, 0.2) is 23.3 Å². The van der Waals surface area contributed by atoms with Gasteiger partial charge in [-0.25, -0.2) is 4.79 Å². The van der Waals surface area contributed by atoms with Crippen LogP contribution in [0.2, 0.25) is 0 Å². The summed E-state index contributed by atoms with van der Waals surface area (Å²) in [7, 11) is 0. The molecular weight excluding hydrogens is 240 g/mol. The summed E-state index contributed by atoms with van der Waals surface area (Å²) in [5.74, 6) is -1.23. The van der Waals surface area contributed by atoms with Gasteiger partial charge in [-0.2, -0.15) is 0 Å². The zero-order valence-corrected chi connectivity index (χ0v) is 9.26. The van der Waals surface area contributed by atoms with Gasteiger partial charge in [0, 0.05) is 10.6 Å². The van der Waals surface area contributed by atoms with Crippen LogP contribution in [0.3, 0.4) is 0 Å². The fourth-order valence-electron chi connectivity index (χ4n) is 1.39. The Morgan fingerprint density at radius 3 is 2.72 bits per heavy atom. The molecule has 96 valence electrons. The Morgan fingerprint density at radius 2 is 2.17 bits per heavy atom. The second kappa shape index (κ2) is 5.87. The highest BCUT2D eigenvalue weighted by Gasteiger charge is 2.19. The van der Waals surface area contributed by atoms with Crippen LogP contribution in [-0.4, -0.2) is 33.9 Å². The number of hydrogen-bond donors (Lipinski definition) is 4. The molecule has 0 saturated carbocycles. The van der Waals surface area contributed by atoms with Crippen molar-refractivity contribution in [3.05, 3.63) is 39.8 Å². The first-order valence-corrected chi connectivity index (χ1v) is 4.97. The first-order valence-electron chi connectivity index (χ1n) is 4.97. The van der Waals surface area contributed by atoms with Crippen LogP contribution in [0.1, 0.15) is 22.0 Å². The molecule has 0 aliphatic rings. The summed E-state index contributed by atoms with van der Waals surface area (Å²) in [4.78, 5) is 13.3. The Labute approximate surface area is 102 Å². The molecule has 1 aromatic carbocycles. The molecule has 8 heteroatoms. The largest absolute Gasteiger partial charge is 0.478 e. The quantitative estimate of drug-likeness (QED) is 0.262. The second-order valence-corrected chi connectivity index (χ2v) is 3.58. The average Bonchev–Trinajstić information content (AvgIpc) is 2.35. The van der Waals surface area contributed by atoms with Gasteiger partial charge in [-0.15, -0.1) is 0 Å². The van der Waals surface area contributed by atoms with Crippen LogP contribution in [0.4, 0.5) is 5.69 Å². The van der Waals surface area contributed by atoms with Gasteiger partial charge in [0.2, 0.25) is 0 Å². The zero-order chi connectivity index (χ0) is 13.7. The van der Waals surface area contributed by atoms with Crippen molar-refractivity contribution in [3.63, 3.8) is 0 Å². The normalized spacial score (nSPS) is 13.4. The predicted octanol–water partition coefficient (Wildman–Crippen LogP) is 0.672. The molecule has 2 unspecified atom stereocenters. The summed E-state index contributed by atoms with van der Waals surface area (Å²) >= 11 is 0. The molecule has 1 aromatic rings. The van der Waals surface area contributed by atoms with E-state index in [2.05, 4.69) is 10.0 Å². The van der Waals surface area contributed by atoms with Gasteiger partial charge >= 0.3 is 5.97 Å². The summed E-state index contributed by atoms with van der Waals surface area (Å²) in [5, 5.41) is 31.2. The van der Waals surface area contributed by atoms with Crippen LogP contribution in [0.5, 0.6) is 0 Å². The lowest BCUT2D eigenvalue weighted by Gasteiger charge is -2.17. The highest BCUT2D eigenvalue weighted by molar-refractivity contribution is 5.93. The number of nitrogens with zero attached hydrogens (tertiary/aromatic N) is 3. The van der Waals surface area contributed by atoms with E-state index in [-0.39, 0.29) is 23.4 Å². The molecule has 0 aliphatic carbocycles. The summed E-state index contributed by atoms with van der Waals surface area (Å²) in [5.41, 5.74) is 13.6. The van der Waals surface area contributed by atoms with Crippen molar-refractivity contribution >= 4 is 11.7 Å². The molecule has 0 bridgehead atoms. The number of azide groups is 1. The topological polar surface area (TPSA) is 153 Å². The molecule has 0 saturated heterocycles. The lowest BCUT2D eigenvalue weighted by molar-refractivity contribution is 0.0243. The van der Waals surface area contributed by atoms with Crippen LogP contribution in [0.25, 0.3) is 10.4 Å². The Morgan fingerprint density at radius 1 is 1.50 bits per heavy atom. The zero-order valence-electron chi connectivity index (χ0n) is 9.26. The third-order valence-corrected chi connectivity index (χ3v) is 2.35. The van der Waals surface area contributed by atoms with Crippen molar-refractivity contribution in [2.24, 2.45) is 5.11 Å². The first kappa shape index (κ1) is 13.8. The second-order valence-electron chi connectivity index (χ2n) is 3.58. The molecule has 0 amide bonds. The van der Waals surface area contributed by atoms with Crippen molar-refractivity contribution in [1.29, 1.82) is 0 Å². The summed E-state index contributed by atoms with van der Waals surface area (Å²) in [6.07, 6.45) is -2.67. The number of carboxylic acids is 1. The monoisotopic (exact) mass is 252 g/mol. The molecule has 0 spiro atoms. The Hall–Kier alpha value is -2.28. The summed E-state index contributed by atoms with van der Waals surface area (Å²) in [6, 6.07) is 3.88. The van der Waals surface area contributed by atoms with E-state index in [0.717, 1.165) is 0 Å². The molecule has 8 nitrogen and oxygen atoms in total. The highest BCUT2D eigenvalue weighted by Crippen LogP contribution is 2.22. The van der Waals surface area contributed by atoms with Crippen molar-refractivity contribution < 1.29 is 20.1 Å². The number of nitrogens with two attached hydrogens (primary N) is 1. The molecule has 18 heavy (non-hydrogen) atoms. The highest BCUT2D eigenvalue weighted by atomic mass is 16.4. The van der Waals surface area contributed by atoms with Gasteiger partial charge in [0.25, 0.3) is 0 Å². The Kier molecular flexibility index (Phi) is 4.50. The number of benzene rings is 1. The molecule has 2 atom stereocenters. The van der Waals surface area contributed by atoms with Crippen molar-refractivity contribution in [2.75, 3.05) is 12.3 Å². The third-order valence-electron chi connectivity index (χ3n) is 2.35. The maximum Gasteiger partial charge on any atom is 0.337 e. The maximum atomic E-state index is 10.8. The fraction of sp³-hybridized carbons (Fsp3) is 0.300. The lowest BCUT2D eigenvalue weighted by Crippen LogP contribution is -2.21. The van der Waals surface area contributed by atoms with Gasteiger partial charge in [0.05, 0.1) is 18.2 Å². The van der Waals surface area contributed by atoms with Crippen LogP contribution in [-0.2, 0) is 0 Å². The van der Waals surface area contributed by atoms with E-state index >= 15 is 0 Å². The van der Waals surface area contributed by atoms with Crippen molar-refractivity contribution in [2.45, 2.75) is 12.2 Å². The lowest BCUT2D eigenvalue weighted by atomic mass is 10.0. The molecule has 5 N–H and O–H groups in total. The number of nitrogen functional groups attached to an aromatic ring is 1. The van der Waals surface area contributed by atoms with Gasteiger partial charge in [-0.3, -0.25) is 0 Å². The number of aromatic carboxylic acids is 1. The minimum Gasteiger partial charge on any atom is -0.478 e. The van der Waals surface area contributed by atoms with Gasteiger partial charge in [0.1, 0.15) is 6.10 Å². The molecule has 0 radical (unpaired) electrons. The smallest absolute Gasteiger partial charge is 0.337 e. The number of hydrogen-bond acceptors (Lipinski definition) is 5. The molecule has 0 aliphatic heterocycles. The Bertz CT molecular complexity index is 499. The molecule has 0 fully saturated rings. The summed E-state index contributed by atoms with van der Waals surface area (Å²) in [6.45, 7) is -0.315. The van der Waals surface area contributed by atoms with Crippen molar-refractivity contribution in [3.8, 4) is 0 Å². The molecule has 1 rings (SSSR count). The third kappa shape index (κ3) is 3.11. The van der Waals surface area contributed by atoms with Gasteiger partial charge in [-0.05, 0) is 23.2 Å². The van der Waals surface area contributed by atoms with Crippen LogP contribution >= 0.6 is 0 Å². The number of anilines is 1. The summed E-state index contributed by atoms with van der Waals surface area (Å²) < 4.78 is 0. The minimum atomic E-state index is -1.35. The minimum absolute atomic E-state index is 0.0583. The number of aliphatic hydroxyl groups excluding tert-OH is 2. The molecular formula is C10H12N4O4. The number of aliphatic hydroxyl groups is 2. The average molecular weight is 252 g/mol. The van der Waals surface area contributed by atoms with E-state index in [1.165, 1.54) is 18.2 Å². The molecule has 0 heterocycles. The van der Waals surface area contributed by atoms with Crippen molar-refractivity contribution in [1.82, 2.24) is 0 Å². The van der Waals surface area contributed by atoms with E-state index < -0.39 is 18.2 Å². The van der Waals surface area contributed by atoms with Crippen LogP contribution < -0.4 is 5.73 Å².